The van der Waals surface area contributed by atoms with Crippen molar-refractivity contribution in [2.45, 2.75) is 37.3 Å². The number of fused-ring (bicyclic) bond motifs is 2. The number of halogens is 2. The van der Waals surface area contributed by atoms with Crippen molar-refractivity contribution in [2.75, 3.05) is 25.5 Å². The highest BCUT2D eigenvalue weighted by Crippen LogP contribution is 2.48. The zero-order chi connectivity index (χ0) is 34.2. The lowest BCUT2D eigenvalue weighted by Crippen LogP contribution is -2.67. The SMILES string of the molecule is COc1nc(-c2cccc(-c3cccc(Nc4ncnc5c4c(=O)n(C)c(=O)n5C)c3Cl)c2Cl)cc2c1[C@H](N1CC3(CCC(=O)N3)C1)CC2. The lowest BCUT2D eigenvalue weighted by atomic mass is 9.86. The van der Waals surface area contributed by atoms with Gasteiger partial charge in [-0.3, -0.25) is 23.6 Å². The monoisotopic (exact) mass is 698 g/mol. The average molecular weight is 700 g/mol. The summed E-state index contributed by atoms with van der Waals surface area (Å²) < 4.78 is 8.19. The summed E-state index contributed by atoms with van der Waals surface area (Å²) in [6.07, 6.45) is 4.60. The van der Waals surface area contributed by atoms with E-state index in [0.29, 0.717) is 44.9 Å². The van der Waals surface area contributed by atoms with Gasteiger partial charge in [0, 0.05) is 61.9 Å². The van der Waals surface area contributed by atoms with Crippen LogP contribution in [-0.4, -0.2) is 60.6 Å². The number of carbonyl (C=O) groups is 1. The molecule has 1 amide bonds. The van der Waals surface area contributed by atoms with Crippen LogP contribution in [0.15, 0.2) is 58.4 Å². The summed E-state index contributed by atoms with van der Waals surface area (Å²) in [5.41, 5.74) is 4.66. The van der Waals surface area contributed by atoms with Gasteiger partial charge in [0.1, 0.15) is 17.5 Å². The zero-order valence-corrected chi connectivity index (χ0v) is 28.5. The predicted molar refractivity (Wildman–Crippen MR) is 188 cm³/mol. The first kappa shape index (κ1) is 31.5. The van der Waals surface area contributed by atoms with Crippen LogP contribution >= 0.6 is 23.2 Å². The van der Waals surface area contributed by atoms with Gasteiger partial charge in [-0.1, -0.05) is 53.5 Å². The Morgan fingerprint density at radius 3 is 2.43 bits per heavy atom. The molecular weight excluding hydrogens is 667 g/mol. The van der Waals surface area contributed by atoms with Gasteiger partial charge in [-0.05, 0) is 37.0 Å². The Balaban J connectivity index is 1.13. The maximum absolute atomic E-state index is 13.1. The molecule has 2 aromatic carbocycles. The van der Waals surface area contributed by atoms with Gasteiger partial charge in [-0.25, -0.2) is 19.7 Å². The second-order valence-corrected chi connectivity index (χ2v) is 13.7. The third kappa shape index (κ3) is 5.00. The summed E-state index contributed by atoms with van der Waals surface area (Å²) >= 11 is 14.2. The molecule has 3 aliphatic rings. The second-order valence-electron chi connectivity index (χ2n) is 13.0. The largest absolute Gasteiger partial charge is 0.481 e. The van der Waals surface area contributed by atoms with E-state index < -0.39 is 11.2 Å². The third-order valence-corrected chi connectivity index (χ3v) is 10.9. The van der Waals surface area contributed by atoms with Crippen LogP contribution in [0.2, 0.25) is 10.0 Å². The molecule has 2 N–H and O–H groups in total. The topological polar surface area (TPSA) is 136 Å². The predicted octanol–water partition coefficient (Wildman–Crippen LogP) is 4.77. The van der Waals surface area contributed by atoms with E-state index >= 15 is 0 Å². The molecule has 0 radical (unpaired) electrons. The van der Waals surface area contributed by atoms with Crippen molar-refractivity contribution in [2.24, 2.45) is 14.1 Å². The third-order valence-electron chi connectivity index (χ3n) is 10.1. The number of nitrogens with one attached hydrogen (secondary N) is 2. The number of nitrogens with zero attached hydrogens (tertiary/aromatic N) is 6. The van der Waals surface area contributed by atoms with Crippen LogP contribution in [-0.2, 0) is 25.3 Å². The maximum Gasteiger partial charge on any atom is 0.332 e. The molecule has 250 valence electrons. The Kier molecular flexibility index (Phi) is 7.50. The van der Waals surface area contributed by atoms with Crippen molar-refractivity contribution in [1.82, 2.24) is 34.3 Å². The number of likely N-dealkylation sites (tertiary alicyclic amines) is 1. The van der Waals surface area contributed by atoms with Gasteiger partial charge in [0.05, 0.1) is 34.1 Å². The van der Waals surface area contributed by atoms with Crippen LogP contribution in [0.5, 0.6) is 5.88 Å². The quantitative estimate of drug-likeness (QED) is 0.257. The van der Waals surface area contributed by atoms with Crippen molar-refractivity contribution in [3.63, 3.8) is 0 Å². The standard InChI is InChI=1S/C35H32Cl2N8O4/c1-43-31-27(33(47)44(2)34(43)48)30(38-17-39-31)40-22-9-5-7-20(29(22)37)19-6-4-8-21(28(19)36)23-14-18-10-11-24(26(18)32(41-23)49-3)45-15-35(16-45)13-12-25(46)42-35/h4-9,14,17,24H,10-13,15-16H2,1-3H3,(H,42,46)(H,38,39,40)/t24-/m1/s1. The molecule has 5 aromatic rings. The molecule has 0 bridgehead atoms. The van der Waals surface area contributed by atoms with Gasteiger partial charge in [0.15, 0.2) is 5.65 Å². The lowest BCUT2D eigenvalue weighted by molar-refractivity contribution is -0.121. The molecule has 2 saturated heterocycles. The average Bonchev–Trinajstić information content (AvgIpc) is 3.70. The normalized spacial score (nSPS) is 18.1. The molecular formula is C35H32Cl2N8O4. The number of rotatable bonds is 6. The van der Waals surface area contributed by atoms with E-state index in [9.17, 15) is 14.4 Å². The van der Waals surface area contributed by atoms with Crippen LogP contribution in [0.25, 0.3) is 33.4 Å². The molecule has 2 fully saturated rings. The number of methoxy groups -OCH3 is 1. The first-order valence-corrected chi connectivity index (χ1v) is 16.7. The lowest BCUT2D eigenvalue weighted by Gasteiger charge is -2.50. The van der Waals surface area contributed by atoms with Crippen molar-refractivity contribution < 1.29 is 9.53 Å². The zero-order valence-electron chi connectivity index (χ0n) is 27.0. The summed E-state index contributed by atoms with van der Waals surface area (Å²) in [6.45, 7) is 1.67. The molecule has 1 spiro atoms. The number of hydrogen-bond donors (Lipinski definition) is 2. The molecule has 14 heteroatoms. The summed E-state index contributed by atoms with van der Waals surface area (Å²) in [5, 5.41) is 7.36. The number of benzene rings is 2. The van der Waals surface area contributed by atoms with Crippen molar-refractivity contribution in [3.05, 3.63) is 90.8 Å². The molecule has 5 heterocycles. The van der Waals surface area contributed by atoms with Gasteiger partial charge >= 0.3 is 5.69 Å². The molecule has 2 aliphatic heterocycles. The highest BCUT2D eigenvalue weighted by molar-refractivity contribution is 6.39. The number of anilines is 2. The van der Waals surface area contributed by atoms with Crippen molar-refractivity contribution in [3.8, 4) is 28.3 Å². The summed E-state index contributed by atoms with van der Waals surface area (Å²) in [4.78, 5) is 53.3. The van der Waals surface area contributed by atoms with Crippen LogP contribution in [0.3, 0.4) is 0 Å². The van der Waals surface area contributed by atoms with E-state index in [-0.39, 0.29) is 34.3 Å². The maximum atomic E-state index is 13.1. The summed E-state index contributed by atoms with van der Waals surface area (Å²) in [6, 6.07) is 13.5. The molecule has 49 heavy (non-hydrogen) atoms. The minimum Gasteiger partial charge on any atom is -0.481 e. The van der Waals surface area contributed by atoms with Gasteiger partial charge in [-0.2, -0.15) is 0 Å². The highest BCUT2D eigenvalue weighted by atomic mass is 35.5. The first-order chi connectivity index (χ1) is 23.6. The molecule has 3 aromatic heterocycles. The van der Waals surface area contributed by atoms with Gasteiger partial charge in [0.25, 0.3) is 5.56 Å². The van der Waals surface area contributed by atoms with E-state index in [0.717, 1.165) is 48.0 Å². The van der Waals surface area contributed by atoms with Crippen LogP contribution in [0, 0.1) is 0 Å². The fourth-order valence-corrected chi connectivity index (χ4v) is 8.20. The first-order valence-electron chi connectivity index (χ1n) is 16.0. The number of carbonyl (C=O) groups excluding carboxylic acids is 1. The molecule has 12 nitrogen and oxygen atoms in total. The summed E-state index contributed by atoms with van der Waals surface area (Å²) in [5.74, 6) is 0.936. The van der Waals surface area contributed by atoms with Crippen molar-refractivity contribution >= 4 is 51.6 Å². The number of aryl methyl sites for hydroxylation is 2. The van der Waals surface area contributed by atoms with Crippen LogP contribution < -0.4 is 26.6 Å². The Labute approximate surface area is 290 Å². The number of aromatic nitrogens is 5. The fraction of sp³-hybridized carbons (Fsp3) is 0.314. The van der Waals surface area contributed by atoms with E-state index in [4.69, 9.17) is 32.9 Å². The number of amides is 1. The molecule has 0 unspecified atom stereocenters. The second kappa shape index (κ2) is 11.7. The Bertz CT molecular complexity index is 2330. The van der Waals surface area contributed by atoms with Gasteiger partial charge in [0.2, 0.25) is 11.8 Å². The van der Waals surface area contributed by atoms with Crippen LogP contribution in [0.4, 0.5) is 11.5 Å². The number of hydrogen-bond acceptors (Lipinski definition) is 9. The minimum atomic E-state index is -0.524. The molecule has 1 aliphatic carbocycles. The molecule has 8 rings (SSSR count). The Hall–Kier alpha value is -4.78. The number of ether oxygens (including phenoxy) is 1. The molecule has 1 atom stereocenters. The van der Waals surface area contributed by atoms with Gasteiger partial charge < -0.3 is 15.4 Å². The van der Waals surface area contributed by atoms with Crippen LogP contribution in [0.1, 0.15) is 36.4 Å². The minimum absolute atomic E-state index is 0.0952. The Morgan fingerprint density at radius 2 is 1.69 bits per heavy atom. The molecule has 0 saturated carbocycles. The Morgan fingerprint density at radius 1 is 0.959 bits per heavy atom. The highest BCUT2D eigenvalue weighted by Gasteiger charge is 2.51. The smallest absolute Gasteiger partial charge is 0.332 e. The van der Waals surface area contributed by atoms with Crippen molar-refractivity contribution in [1.29, 1.82) is 0 Å². The fourth-order valence-electron chi connectivity index (χ4n) is 7.60. The van der Waals surface area contributed by atoms with E-state index in [2.05, 4.69) is 31.6 Å². The number of pyridine rings is 1. The van der Waals surface area contributed by atoms with E-state index in [1.54, 1.807) is 20.2 Å². The van der Waals surface area contributed by atoms with Gasteiger partial charge in [-0.15, -0.1) is 0 Å². The van der Waals surface area contributed by atoms with E-state index in [1.807, 2.05) is 30.3 Å². The summed E-state index contributed by atoms with van der Waals surface area (Å²) in [7, 11) is 4.60. The van der Waals surface area contributed by atoms with E-state index in [1.165, 1.54) is 23.5 Å².